The van der Waals surface area contributed by atoms with Crippen LogP contribution in [0, 0.1) is 0 Å². The minimum atomic E-state index is 0.156. The third-order valence-corrected chi connectivity index (χ3v) is 3.71. The lowest BCUT2D eigenvalue weighted by Gasteiger charge is -2.43. The lowest BCUT2D eigenvalue weighted by molar-refractivity contribution is -0.106. The van der Waals surface area contributed by atoms with Crippen LogP contribution in [0.4, 0.5) is 0 Å². The van der Waals surface area contributed by atoms with Crippen LogP contribution in [0.3, 0.4) is 0 Å². The topological polar surface area (TPSA) is 30.5 Å². The van der Waals surface area contributed by atoms with Crippen molar-refractivity contribution < 1.29 is 9.47 Å². The number of hydrogen-bond acceptors (Lipinski definition) is 3. The Hall–Kier alpha value is -0.580. The summed E-state index contributed by atoms with van der Waals surface area (Å²) in [6.45, 7) is 2.92. The van der Waals surface area contributed by atoms with Crippen LogP contribution in [-0.2, 0) is 4.74 Å². The van der Waals surface area contributed by atoms with Crippen LogP contribution in [0.15, 0.2) is 28.7 Å². The Bertz CT molecular complexity index is 386. The maximum Gasteiger partial charge on any atom is 0.128 e. The van der Waals surface area contributed by atoms with Crippen LogP contribution in [0.25, 0.3) is 0 Å². The van der Waals surface area contributed by atoms with Crippen molar-refractivity contribution in [2.24, 2.45) is 0 Å². The van der Waals surface area contributed by atoms with Gasteiger partial charge in [-0.1, -0.05) is 28.9 Å². The molecule has 1 saturated carbocycles. The predicted octanol–water partition coefficient (Wildman–Crippen LogP) is 2.98. The highest BCUT2D eigenvalue weighted by Crippen LogP contribution is 2.30. The molecule has 0 amide bonds. The molecule has 0 radical (unpaired) electrons. The molecule has 0 saturated heterocycles. The Morgan fingerprint density at radius 2 is 2.28 bits per heavy atom. The van der Waals surface area contributed by atoms with E-state index in [0.717, 1.165) is 29.7 Å². The summed E-state index contributed by atoms with van der Waals surface area (Å²) in [5.74, 6) is 0.897. The minimum Gasteiger partial charge on any atom is -0.488 e. The van der Waals surface area contributed by atoms with Crippen molar-refractivity contribution >= 4 is 15.9 Å². The highest BCUT2D eigenvalue weighted by molar-refractivity contribution is 9.10. The number of rotatable bonds is 6. The third kappa shape index (κ3) is 3.25. The van der Waals surface area contributed by atoms with Crippen molar-refractivity contribution in [2.45, 2.75) is 38.0 Å². The van der Waals surface area contributed by atoms with Gasteiger partial charge in [0.25, 0.3) is 0 Å². The van der Waals surface area contributed by atoms with Gasteiger partial charge in [-0.15, -0.1) is 0 Å². The molecular weight excluding hydrogens is 294 g/mol. The van der Waals surface area contributed by atoms with Gasteiger partial charge in [0, 0.05) is 23.5 Å². The molecule has 1 aliphatic rings. The summed E-state index contributed by atoms with van der Waals surface area (Å²) < 4.78 is 12.9. The van der Waals surface area contributed by atoms with Gasteiger partial charge >= 0.3 is 0 Å². The van der Waals surface area contributed by atoms with Gasteiger partial charge in [-0.05, 0) is 31.7 Å². The van der Waals surface area contributed by atoms with Crippen LogP contribution in [0.5, 0.6) is 5.75 Å². The smallest absolute Gasteiger partial charge is 0.128 e. The van der Waals surface area contributed by atoms with Gasteiger partial charge in [0.1, 0.15) is 18.0 Å². The molecule has 1 aromatic carbocycles. The standard InChI is InChI=1S/C14H20BrNO2/c1-3-7-17-14-12(16-2)9-13(14)18-11-6-4-5-10(15)8-11/h4-6,8,12-14,16H,3,7,9H2,1-2H3. The van der Waals surface area contributed by atoms with Gasteiger partial charge in [0.2, 0.25) is 0 Å². The number of benzene rings is 1. The maximum atomic E-state index is 5.98. The fourth-order valence-corrected chi connectivity index (χ4v) is 2.55. The molecule has 3 unspecified atom stereocenters. The van der Waals surface area contributed by atoms with Crippen molar-refractivity contribution in [3.8, 4) is 5.75 Å². The van der Waals surface area contributed by atoms with E-state index in [0.29, 0.717) is 6.04 Å². The first kappa shape index (κ1) is 13.8. The zero-order valence-electron chi connectivity index (χ0n) is 10.9. The normalized spacial score (nSPS) is 26.7. The SMILES string of the molecule is CCCOC1C(NC)CC1Oc1cccc(Br)c1. The van der Waals surface area contributed by atoms with Gasteiger partial charge < -0.3 is 14.8 Å². The van der Waals surface area contributed by atoms with Crippen molar-refractivity contribution in [3.63, 3.8) is 0 Å². The maximum absolute atomic E-state index is 5.98. The third-order valence-electron chi connectivity index (χ3n) is 3.22. The summed E-state index contributed by atoms with van der Waals surface area (Å²) >= 11 is 3.45. The molecule has 1 aliphatic carbocycles. The Morgan fingerprint density at radius 3 is 2.94 bits per heavy atom. The highest BCUT2D eigenvalue weighted by atomic mass is 79.9. The van der Waals surface area contributed by atoms with Crippen LogP contribution in [-0.4, -0.2) is 31.9 Å². The van der Waals surface area contributed by atoms with E-state index in [1.807, 2.05) is 31.3 Å². The first-order valence-electron chi connectivity index (χ1n) is 6.45. The number of halogens is 1. The van der Waals surface area contributed by atoms with Gasteiger partial charge in [0.15, 0.2) is 0 Å². The van der Waals surface area contributed by atoms with Crippen molar-refractivity contribution in [3.05, 3.63) is 28.7 Å². The molecule has 0 bridgehead atoms. The molecular formula is C14H20BrNO2. The second-order valence-corrected chi connectivity index (χ2v) is 5.50. The fourth-order valence-electron chi connectivity index (χ4n) is 2.17. The number of hydrogen-bond donors (Lipinski definition) is 1. The molecule has 100 valence electrons. The Balaban J connectivity index is 1.92. The van der Waals surface area contributed by atoms with Crippen LogP contribution in [0.1, 0.15) is 19.8 Å². The molecule has 3 nitrogen and oxygen atoms in total. The molecule has 1 fully saturated rings. The summed E-state index contributed by atoms with van der Waals surface area (Å²) in [6.07, 6.45) is 2.35. The number of ether oxygens (including phenoxy) is 2. The van der Waals surface area contributed by atoms with E-state index in [1.54, 1.807) is 0 Å². The van der Waals surface area contributed by atoms with E-state index in [4.69, 9.17) is 9.47 Å². The average molecular weight is 314 g/mol. The van der Waals surface area contributed by atoms with Crippen LogP contribution < -0.4 is 10.1 Å². The van der Waals surface area contributed by atoms with E-state index in [1.165, 1.54) is 0 Å². The summed E-state index contributed by atoms with van der Waals surface area (Å²) in [6, 6.07) is 8.36. The van der Waals surface area contributed by atoms with E-state index < -0.39 is 0 Å². The summed E-state index contributed by atoms with van der Waals surface area (Å²) in [4.78, 5) is 0. The molecule has 4 heteroatoms. The number of likely N-dealkylation sites (N-methyl/N-ethyl adjacent to an activating group) is 1. The van der Waals surface area contributed by atoms with Gasteiger partial charge in [0.05, 0.1) is 0 Å². The fraction of sp³-hybridized carbons (Fsp3) is 0.571. The largest absolute Gasteiger partial charge is 0.488 e. The quantitative estimate of drug-likeness (QED) is 0.876. The predicted molar refractivity (Wildman–Crippen MR) is 76.1 cm³/mol. The van der Waals surface area contributed by atoms with E-state index in [2.05, 4.69) is 28.2 Å². The summed E-state index contributed by atoms with van der Waals surface area (Å²) in [5, 5.41) is 3.27. The average Bonchev–Trinajstić information content (AvgIpc) is 2.34. The Kier molecular flexibility index (Phi) is 5.03. The first-order chi connectivity index (χ1) is 8.74. The van der Waals surface area contributed by atoms with Crippen LogP contribution >= 0.6 is 15.9 Å². The van der Waals surface area contributed by atoms with E-state index in [-0.39, 0.29) is 12.2 Å². The Labute approximate surface area is 117 Å². The first-order valence-corrected chi connectivity index (χ1v) is 7.25. The molecule has 0 spiro atoms. The Morgan fingerprint density at radius 1 is 1.44 bits per heavy atom. The second-order valence-electron chi connectivity index (χ2n) is 4.58. The van der Waals surface area contributed by atoms with Gasteiger partial charge in [-0.2, -0.15) is 0 Å². The van der Waals surface area contributed by atoms with E-state index >= 15 is 0 Å². The number of nitrogens with one attached hydrogen (secondary N) is 1. The summed E-state index contributed by atoms with van der Waals surface area (Å²) in [5.41, 5.74) is 0. The van der Waals surface area contributed by atoms with Crippen molar-refractivity contribution in [1.29, 1.82) is 0 Å². The molecule has 0 aromatic heterocycles. The lowest BCUT2D eigenvalue weighted by atomic mass is 9.85. The molecule has 1 aromatic rings. The molecule has 0 heterocycles. The second kappa shape index (κ2) is 6.55. The van der Waals surface area contributed by atoms with Crippen molar-refractivity contribution in [1.82, 2.24) is 5.32 Å². The molecule has 18 heavy (non-hydrogen) atoms. The molecule has 0 aliphatic heterocycles. The molecule has 1 N–H and O–H groups in total. The zero-order valence-corrected chi connectivity index (χ0v) is 12.4. The van der Waals surface area contributed by atoms with E-state index in [9.17, 15) is 0 Å². The van der Waals surface area contributed by atoms with Crippen molar-refractivity contribution in [2.75, 3.05) is 13.7 Å². The monoisotopic (exact) mass is 313 g/mol. The minimum absolute atomic E-state index is 0.156. The lowest BCUT2D eigenvalue weighted by Crippen LogP contribution is -2.60. The van der Waals surface area contributed by atoms with Gasteiger partial charge in [-0.25, -0.2) is 0 Å². The molecule has 3 atom stereocenters. The van der Waals surface area contributed by atoms with Gasteiger partial charge in [-0.3, -0.25) is 0 Å². The molecule has 2 rings (SSSR count). The summed E-state index contributed by atoms with van der Waals surface area (Å²) in [7, 11) is 1.97. The zero-order chi connectivity index (χ0) is 13.0. The van der Waals surface area contributed by atoms with Crippen LogP contribution in [0.2, 0.25) is 0 Å². The highest BCUT2D eigenvalue weighted by Gasteiger charge is 2.42.